The Kier molecular flexibility index (Phi) is 4.35. The van der Waals surface area contributed by atoms with Gasteiger partial charge in [0.2, 0.25) is 5.91 Å². The minimum absolute atomic E-state index is 0.0730. The van der Waals surface area contributed by atoms with Crippen molar-refractivity contribution in [2.45, 2.75) is 12.5 Å². The molecule has 6 nitrogen and oxygen atoms in total. The van der Waals surface area contributed by atoms with E-state index in [-0.39, 0.29) is 24.3 Å². The van der Waals surface area contributed by atoms with Gasteiger partial charge in [-0.15, -0.1) is 0 Å². The Morgan fingerprint density at radius 2 is 2.21 bits per heavy atom. The van der Waals surface area contributed by atoms with E-state index in [1.54, 1.807) is 31.4 Å². The van der Waals surface area contributed by atoms with Crippen molar-refractivity contribution in [3.8, 4) is 5.75 Å². The molecular weight excluding hydrogens is 246 g/mol. The van der Waals surface area contributed by atoms with Gasteiger partial charge in [-0.2, -0.15) is 0 Å². The number of piperazine rings is 1. The van der Waals surface area contributed by atoms with Crippen LogP contribution in [0.25, 0.3) is 0 Å². The number of benzene rings is 1. The second kappa shape index (κ2) is 6.19. The number of ether oxygens (including phenoxy) is 1. The Morgan fingerprint density at radius 3 is 2.84 bits per heavy atom. The van der Waals surface area contributed by atoms with Crippen molar-refractivity contribution >= 4 is 17.5 Å². The van der Waals surface area contributed by atoms with Gasteiger partial charge in [-0.25, -0.2) is 0 Å². The summed E-state index contributed by atoms with van der Waals surface area (Å²) >= 11 is 0. The van der Waals surface area contributed by atoms with E-state index in [1.165, 1.54) is 0 Å². The quantitative estimate of drug-likeness (QED) is 0.658. The number of amides is 2. The van der Waals surface area contributed by atoms with Crippen LogP contribution in [0.1, 0.15) is 6.42 Å². The third-order valence-electron chi connectivity index (χ3n) is 3.01. The van der Waals surface area contributed by atoms with Gasteiger partial charge in [0.15, 0.2) is 6.04 Å². The molecule has 1 saturated heterocycles. The second-order valence-electron chi connectivity index (χ2n) is 4.40. The topological polar surface area (TPSA) is 84.0 Å². The van der Waals surface area contributed by atoms with Crippen LogP contribution in [-0.2, 0) is 9.59 Å². The van der Waals surface area contributed by atoms with E-state index in [0.717, 1.165) is 12.3 Å². The lowest BCUT2D eigenvalue weighted by molar-refractivity contribution is -0.678. The number of rotatable bonds is 4. The summed E-state index contributed by atoms with van der Waals surface area (Å²) in [4.78, 5) is 23.4. The van der Waals surface area contributed by atoms with E-state index in [1.807, 2.05) is 5.32 Å². The van der Waals surface area contributed by atoms with Crippen LogP contribution in [0.2, 0.25) is 0 Å². The standard InChI is InChI=1S/C13H17N3O3/c1-19-10-4-2-9(3-5-10)16-12(17)8-11-13(18)15-7-6-14-11/h2-5,11,14H,6-8H2,1H3,(H,15,18)(H,16,17)/p+1/t11-/m1/s1. The van der Waals surface area contributed by atoms with E-state index in [9.17, 15) is 9.59 Å². The second-order valence-corrected chi connectivity index (χ2v) is 4.40. The molecule has 0 spiro atoms. The molecule has 1 heterocycles. The van der Waals surface area contributed by atoms with Crippen LogP contribution in [0.15, 0.2) is 24.3 Å². The Labute approximate surface area is 111 Å². The fraction of sp³-hybridized carbons (Fsp3) is 0.385. The third-order valence-corrected chi connectivity index (χ3v) is 3.01. The number of carbonyl (C=O) groups excluding carboxylic acids is 2. The van der Waals surface area contributed by atoms with Gasteiger partial charge in [0.25, 0.3) is 5.91 Å². The molecule has 2 rings (SSSR count). The molecule has 1 aliphatic heterocycles. The maximum Gasteiger partial charge on any atom is 0.278 e. The summed E-state index contributed by atoms with van der Waals surface area (Å²) in [5, 5.41) is 7.41. The van der Waals surface area contributed by atoms with E-state index < -0.39 is 0 Å². The zero-order chi connectivity index (χ0) is 13.7. The van der Waals surface area contributed by atoms with Crippen LogP contribution in [0.3, 0.4) is 0 Å². The first-order valence-corrected chi connectivity index (χ1v) is 6.24. The van der Waals surface area contributed by atoms with Crippen molar-refractivity contribution in [3.63, 3.8) is 0 Å². The normalized spacial score (nSPS) is 18.6. The van der Waals surface area contributed by atoms with Gasteiger partial charge in [-0.3, -0.25) is 9.59 Å². The zero-order valence-electron chi connectivity index (χ0n) is 10.8. The van der Waals surface area contributed by atoms with E-state index in [4.69, 9.17) is 4.74 Å². The molecule has 19 heavy (non-hydrogen) atoms. The number of carbonyl (C=O) groups is 2. The van der Waals surface area contributed by atoms with Crippen molar-refractivity contribution in [2.24, 2.45) is 0 Å². The number of hydrogen-bond donors (Lipinski definition) is 3. The molecule has 1 fully saturated rings. The summed E-state index contributed by atoms with van der Waals surface area (Å²) in [6, 6.07) is 6.75. The predicted molar refractivity (Wildman–Crippen MR) is 69.8 cm³/mol. The first-order valence-electron chi connectivity index (χ1n) is 6.24. The fourth-order valence-electron chi connectivity index (χ4n) is 1.98. The zero-order valence-corrected chi connectivity index (χ0v) is 10.8. The van der Waals surface area contributed by atoms with Crippen LogP contribution >= 0.6 is 0 Å². The summed E-state index contributed by atoms with van der Waals surface area (Å²) in [5.74, 6) is 0.498. The molecule has 2 amide bonds. The Hall–Kier alpha value is -2.08. The number of hydrogen-bond acceptors (Lipinski definition) is 3. The van der Waals surface area contributed by atoms with Gasteiger partial charge in [0.05, 0.1) is 26.6 Å². The molecule has 1 atom stereocenters. The highest BCUT2D eigenvalue weighted by atomic mass is 16.5. The lowest BCUT2D eigenvalue weighted by Gasteiger charge is -2.19. The van der Waals surface area contributed by atoms with E-state index in [2.05, 4.69) is 10.6 Å². The monoisotopic (exact) mass is 264 g/mol. The lowest BCUT2D eigenvalue weighted by atomic mass is 10.1. The fourth-order valence-corrected chi connectivity index (χ4v) is 1.98. The molecule has 0 aliphatic carbocycles. The molecular formula is C13H18N3O3+. The highest BCUT2D eigenvalue weighted by molar-refractivity contribution is 5.94. The third kappa shape index (κ3) is 3.69. The smallest absolute Gasteiger partial charge is 0.278 e. The van der Waals surface area contributed by atoms with Crippen molar-refractivity contribution < 1.29 is 19.6 Å². The van der Waals surface area contributed by atoms with Crippen molar-refractivity contribution in [2.75, 3.05) is 25.5 Å². The molecule has 0 aromatic heterocycles. The number of anilines is 1. The van der Waals surface area contributed by atoms with Gasteiger partial charge >= 0.3 is 0 Å². The average Bonchev–Trinajstić information content (AvgIpc) is 2.42. The van der Waals surface area contributed by atoms with Gasteiger partial charge in [0.1, 0.15) is 5.75 Å². The van der Waals surface area contributed by atoms with Gasteiger partial charge in [-0.1, -0.05) is 0 Å². The summed E-state index contributed by atoms with van der Waals surface area (Å²) in [6.07, 6.45) is 0.178. The molecule has 0 saturated carbocycles. The molecule has 0 bridgehead atoms. The SMILES string of the molecule is COc1ccc(NC(=O)C[C@H]2[NH2+]CCNC2=O)cc1. The maximum absolute atomic E-state index is 11.8. The highest BCUT2D eigenvalue weighted by Gasteiger charge is 2.27. The molecule has 1 aliphatic rings. The first kappa shape index (κ1) is 13.4. The number of methoxy groups -OCH3 is 1. The summed E-state index contributed by atoms with van der Waals surface area (Å²) in [5.41, 5.74) is 0.696. The minimum Gasteiger partial charge on any atom is -0.497 e. The lowest BCUT2D eigenvalue weighted by Crippen LogP contribution is -2.96. The van der Waals surface area contributed by atoms with Crippen LogP contribution in [0.5, 0.6) is 5.75 Å². The molecule has 0 radical (unpaired) electrons. The van der Waals surface area contributed by atoms with Crippen molar-refractivity contribution in [1.82, 2.24) is 5.32 Å². The number of quaternary nitrogens is 1. The number of nitrogens with one attached hydrogen (secondary N) is 2. The molecule has 102 valence electrons. The summed E-state index contributed by atoms with van der Waals surface area (Å²) in [6.45, 7) is 1.47. The van der Waals surface area contributed by atoms with E-state index in [0.29, 0.717) is 12.2 Å². The van der Waals surface area contributed by atoms with Gasteiger partial charge in [-0.05, 0) is 24.3 Å². The van der Waals surface area contributed by atoms with E-state index >= 15 is 0 Å². The summed E-state index contributed by atoms with van der Waals surface area (Å²) < 4.78 is 5.04. The van der Waals surface area contributed by atoms with Gasteiger partial charge < -0.3 is 20.7 Å². The predicted octanol–water partition coefficient (Wildman–Crippen LogP) is -0.914. The van der Waals surface area contributed by atoms with Crippen LogP contribution in [0.4, 0.5) is 5.69 Å². The molecule has 1 aromatic rings. The maximum atomic E-state index is 11.8. The first-order chi connectivity index (χ1) is 9.19. The molecule has 1 aromatic carbocycles. The largest absolute Gasteiger partial charge is 0.497 e. The van der Waals surface area contributed by atoms with Crippen molar-refractivity contribution in [1.29, 1.82) is 0 Å². The number of nitrogens with two attached hydrogens (primary N) is 1. The molecule has 0 unspecified atom stereocenters. The van der Waals surface area contributed by atoms with Crippen LogP contribution < -0.4 is 20.7 Å². The van der Waals surface area contributed by atoms with Crippen LogP contribution in [-0.4, -0.2) is 38.1 Å². The van der Waals surface area contributed by atoms with Gasteiger partial charge in [0, 0.05) is 5.69 Å². The Balaban J connectivity index is 1.87. The van der Waals surface area contributed by atoms with Crippen LogP contribution in [0, 0.1) is 0 Å². The van der Waals surface area contributed by atoms with Crippen molar-refractivity contribution in [3.05, 3.63) is 24.3 Å². The Morgan fingerprint density at radius 1 is 1.47 bits per heavy atom. The Bertz CT molecular complexity index is 459. The average molecular weight is 264 g/mol. The minimum atomic E-state index is -0.327. The molecule has 4 N–H and O–H groups in total. The molecule has 6 heteroatoms. The summed E-state index contributed by atoms with van der Waals surface area (Å²) in [7, 11) is 1.59. The highest BCUT2D eigenvalue weighted by Crippen LogP contribution is 2.15.